The van der Waals surface area contributed by atoms with Crippen LogP contribution in [0.15, 0.2) is 24.3 Å². The molecule has 0 N–H and O–H groups in total. The van der Waals surface area contributed by atoms with Gasteiger partial charge in [0.25, 0.3) is 0 Å². The monoisotopic (exact) mass is 904 g/mol. The van der Waals surface area contributed by atoms with Gasteiger partial charge in [0.15, 0.2) is 24.6 Å². The van der Waals surface area contributed by atoms with Gasteiger partial charge in [0.05, 0.1) is 56.7 Å². The lowest BCUT2D eigenvalue weighted by molar-refractivity contribution is -0.815. The third-order valence-electron chi connectivity index (χ3n) is 11.7. The summed E-state index contributed by atoms with van der Waals surface area (Å²) < 4.78 is 72.3. The minimum atomic E-state index is -0.685. The van der Waals surface area contributed by atoms with E-state index in [-0.39, 0.29) is 58.9 Å². The molecule has 18 nitrogen and oxygen atoms in total. The van der Waals surface area contributed by atoms with Crippen molar-refractivity contribution in [1.82, 2.24) is 0 Å². The van der Waals surface area contributed by atoms with Gasteiger partial charge >= 0.3 is 49.5 Å². The lowest BCUT2D eigenvalue weighted by Gasteiger charge is -2.33. The zero-order valence-corrected chi connectivity index (χ0v) is 40.2. The second kappa shape index (κ2) is 25.1. The molecule has 8 saturated heterocycles. The van der Waals surface area contributed by atoms with Crippen molar-refractivity contribution in [2.24, 2.45) is 5.41 Å². The van der Waals surface area contributed by atoms with Crippen LogP contribution in [-0.4, -0.2) is 174 Å². The minimum Gasteiger partial charge on any atom is -0.454 e. The predicted octanol–water partition coefficient (Wildman–Crippen LogP) is 3.82. The molecule has 9 aliphatic rings. The fraction of sp³-hybridized carbons (Fsp3) is 0.805. The zero-order valence-electron chi connectivity index (χ0n) is 40.2. The molecule has 64 heavy (non-hydrogen) atoms. The summed E-state index contributed by atoms with van der Waals surface area (Å²) in [6, 6.07) is 7.63. The molecule has 1 unspecified atom stereocenters. The van der Waals surface area contributed by atoms with Crippen molar-refractivity contribution in [3.05, 3.63) is 24.3 Å². The summed E-state index contributed by atoms with van der Waals surface area (Å²) in [5.41, 5.74) is -0.0909. The van der Waals surface area contributed by atoms with E-state index in [4.69, 9.17) is 65.5 Å². The van der Waals surface area contributed by atoms with Crippen molar-refractivity contribution in [2.45, 2.75) is 118 Å². The van der Waals surface area contributed by atoms with E-state index in [1.165, 1.54) is 42.4 Å². The number of benzene rings is 1. The normalized spacial score (nSPS) is 25.9. The van der Waals surface area contributed by atoms with Crippen LogP contribution in [0, 0.1) is 5.41 Å². The van der Waals surface area contributed by atoms with E-state index in [2.05, 4.69) is 34.6 Å². The summed E-state index contributed by atoms with van der Waals surface area (Å²) in [5.74, 6) is 1.09. The molecule has 8 fully saturated rings. The first-order valence-electron chi connectivity index (χ1n) is 22.4. The van der Waals surface area contributed by atoms with Gasteiger partial charge in [-0.2, -0.15) is 0 Å². The Hall–Kier alpha value is -2.40. The van der Waals surface area contributed by atoms with Gasteiger partial charge in [-0.3, -0.25) is 4.39 Å². The standard InChI is InChI=1S/C8H17BNO2.C7H6O2.C7H14O2.C6H12BO2.C5H7BNO4.C5H10BO2.C3H6BO2/c1-2-3-4-10-5-7-11-9(10)12-8-6-10;1-2-4-7-6(3-1)8-5-9-7;1-6(2)7(3,4)9-5-8-6;1-5-4-6(2,3)9-7-8-5;1-7-2-4(8)10-6(7)11-5(9)3-7;1-5(2)3-7-6-8-4-5;1-2-5-4-6-3-1/h2-8H2,1H3;1-4H,5H2;5H2,1-4H3;5H,4H2,1-3H3;2-3H2,1H3;3-4H2,1-2H3;1-3H2/q+1;;;;+1;;. The number of hydrogen-bond donors (Lipinski definition) is 0. The average Bonchev–Trinajstić information content (AvgIpc) is 4.08. The third kappa shape index (κ3) is 17.4. The van der Waals surface area contributed by atoms with Crippen LogP contribution < -0.4 is 9.47 Å². The van der Waals surface area contributed by atoms with Gasteiger partial charge in [-0.05, 0) is 79.9 Å². The van der Waals surface area contributed by atoms with Crippen LogP contribution in [0.5, 0.6) is 11.5 Å². The zero-order chi connectivity index (χ0) is 46.9. The molecule has 0 amide bonds. The lowest BCUT2D eigenvalue weighted by Crippen LogP contribution is -2.52. The second-order valence-electron chi connectivity index (χ2n) is 19.4. The van der Waals surface area contributed by atoms with Gasteiger partial charge in [-0.1, -0.05) is 39.3 Å². The smallest absolute Gasteiger partial charge is 0.454 e. The Balaban J connectivity index is 0.000000165. The van der Waals surface area contributed by atoms with Crippen LogP contribution >= 0.6 is 0 Å². The number of hydrogen-bond acceptors (Lipinski definition) is 16. The fourth-order valence-electron chi connectivity index (χ4n) is 7.07. The molecular weight excluding hydrogens is 831 g/mol. The molecule has 0 aromatic heterocycles. The first-order chi connectivity index (χ1) is 30.2. The van der Waals surface area contributed by atoms with Crippen LogP contribution in [0.25, 0.3) is 0 Å². The van der Waals surface area contributed by atoms with Crippen molar-refractivity contribution >= 4 is 49.5 Å². The maximum absolute atomic E-state index is 10.7. The Bertz CT molecular complexity index is 1490. The first-order valence-corrected chi connectivity index (χ1v) is 22.4. The molecule has 0 aliphatic carbocycles. The molecule has 0 bridgehead atoms. The topological polar surface area (TPSA) is 163 Å². The SMILES string of the molecule is CC1(C)CO[B]OC1.CC1(C)OCOC1(C)C.CC1CC(C)(C)O[B]O1.CCCC[N+]12CCOB1OCC2.C[N+]12CC(=O)OB1OC(=O)C2.[B]1OCCCO1.c1ccc2c(c1)OCO2. The molecule has 1 atom stereocenters. The van der Waals surface area contributed by atoms with E-state index < -0.39 is 7.25 Å². The van der Waals surface area contributed by atoms with Gasteiger partial charge in [-0.15, -0.1) is 0 Å². The highest BCUT2D eigenvalue weighted by molar-refractivity contribution is 6.45. The molecule has 9 aliphatic heterocycles. The molecule has 3 radical (unpaired) electrons. The van der Waals surface area contributed by atoms with Crippen LogP contribution in [0.2, 0.25) is 0 Å². The third-order valence-corrected chi connectivity index (χ3v) is 11.7. The van der Waals surface area contributed by atoms with E-state index in [9.17, 15) is 9.59 Å². The molecule has 0 spiro atoms. The Morgan fingerprint density at radius 3 is 1.61 bits per heavy atom. The fourth-order valence-corrected chi connectivity index (χ4v) is 7.07. The molecule has 1 aromatic carbocycles. The van der Waals surface area contributed by atoms with Crippen molar-refractivity contribution in [3.63, 3.8) is 0 Å². The summed E-state index contributed by atoms with van der Waals surface area (Å²) in [6.45, 7) is 30.5. The van der Waals surface area contributed by atoms with Gasteiger partial charge in [0.1, 0.15) is 6.79 Å². The van der Waals surface area contributed by atoms with Gasteiger partial charge in [-0.25, -0.2) is 9.59 Å². The number of para-hydroxylation sites is 2. The van der Waals surface area contributed by atoms with Crippen LogP contribution in [-0.2, 0) is 65.6 Å². The Morgan fingerprint density at radius 2 is 1.25 bits per heavy atom. The lowest BCUT2D eigenvalue weighted by atomic mass is 9.90. The van der Waals surface area contributed by atoms with Crippen LogP contribution in [0.1, 0.15) is 94.9 Å². The number of carbonyl (C=O) groups is 2. The average molecular weight is 903 g/mol. The first kappa shape index (κ1) is 54.2. The van der Waals surface area contributed by atoms with E-state index in [1.807, 2.05) is 58.9 Å². The van der Waals surface area contributed by atoms with E-state index in [0.29, 0.717) is 19.7 Å². The number of nitrogens with zero attached hydrogens (tertiary/aromatic N) is 2. The number of fused-ring (bicyclic) bond motifs is 3. The van der Waals surface area contributed by atoms with E-state index in [0.717, 1.165) is 81.5 Å². The number of carbonyl (C=O) groups excluding carboxylic acids is 2. The molecule has 1 aromatic rings. The van der Waals surface area contributed by atoms with Gasteiger partial charge in [0, 0.05) is 37.9 Å². The second-order valence-corrected chi connectivity index (χ2v) is 19.4. The van der Waals surface area contributed by atoms with Crippen molar-refractivity contribution in [1.29, 1.82) is 0 Å². The Labute approximate surface area is 384 Å². The molecule has 23 heteroatoms. The van der Waals surface area contributed by atoms with Crippen molar-refractivity contribution in [2.75, 3.05) is 93.0 Å². The maximum Gasteiger partial charge on any atom is 0.909 e. The van der Waals surface area contributed by atoms with Gasteiger partial charge < -0.3 is 69.9 Å². The van der Waals surface area contributed by atoms with E-state index >= 15 is 0 Å². The van der Waals surface area contributed by atoms with Crippen molar-refractivity contribution < 1.29 is 83.9 Å². The molecule has 0 saturated carbocycles. The summed E-state index contributed by atoms with van der Waals surface area (Å²) >= 11 is 0. The Morgan fingerprint density at radius 1 is 0.719 bits per heavy atom. The highest BCUT2D eigenvalue weighted by Gasteiger charge is 2.65. The number of likely N-dealkylation sites (N-methyl/N-ethyl adjacent to an activating group) is 1. The van der Waals surface area contributed by atoms with Crippen LogP contribution in [0.3, 0.4) is 0 Å². The van der Waals surface area contributed by atoms with Crippen LogP contribution in [0.4, 0.5) is 0 Å². The summed E-state index contributed by atoms with van der Waals surface area (Å²) in [7, 11) is 5.40. The number of ether oxygens (including phenoxy) is 4. The molecule has 355 valence electrons. The number of unbranched alkanes of at least 4 members (excludes halogenated alkanes) is 1. The highest BCUT2D eigenvalue weighted by Crippen LogP contribution is 2.34. The minimum absolute atomic E-state index is 0.0301. The highest BCUT2D eigenvalue weighted by atomic mass is 16.7. The number of quaternary nitrogens is 2. The Kier molecular flexibility index (Phi) is 21.3. The quantitative estimate of drug-likeness (QED) is 0.402. The van der Waals surface area contributed by atoms with Gasteiger partial charge in [0.2, 0.25) is 6.79 Å². The summed E-state index contributed by atoms with van der Waals surface area (Å²) in [6.07, 6.45) is 4.85. The summed E-state index contributed by atoms with van der Waals surface area (Å²) in [5, 5.41) is 0. The van der Waals surface area contributed by atoms with Crippen molar-refractivity contribution in [3.8, 4) is 11.5 Å². The predicted molar refractivity (Wildman–Crippen MR) is 239 cm³/mol. The molecule has 10 rings (SSSR count). The summed E-state index contributed by atoms with van der Waals surface area (Å²) in [4.78, 5) is 21.5. The number of rotatable bonds is 3. The van der Waals surface area contributed by atoms with E-state index in [1.54, 1.807) is 7.05 Å². The molecule has 9 heterocycles. The largest absolute Gasteiger partial charge is 0.909 e. The molecular formula is C41H72B5N2O16+2. The maximum atomic E-state index is 10.7.